The summed E-state index contributed by atoms with van der Waals surface area (Å²) in [6.07, 6.45) is 1.64. The maximum Gasteiger partial charge on any atom is 0.264 e. The standard InChI is InChI=1S/C23H29ClN2O3S/c1-6-26(21-9-7-18(24)11-17(21)13-25-15-23(3,4)5)30(27,28)19-8-10-22-20(12-19)16(2)14-29-22/h7-12,14,25H,6,13,15H2,1-5H3. The second kappa shape index (κ2) is 8.61. The molecule has 0 amide bonds. The van der Waals surface area contributed by atoms with Gasteiger partial charge >= 0.3 is 0 Å². The minimum Gasteiger partial charge on any atom is -0.464 e. The zero-order valence-electron chi connectivity index (χ0n) is 18.1. The molecule has 1 aromatic heterocycles. The second-order valence-electron chi connectivity index (χ2n) is 8.68. The zero-order valence-corrected chi connectivity index (χ0v) is 19.7. The molecular formula is C23H29ClN2O3S. The summed E-state index contributed by atoms with van der Waals surface area (Å²) in [4.78, 5) is 0.241. The molecule has 0 saturated heterocycles. The smallest absolute Gasteiger partial charge is 0.264 e. The van der Waals surface area contributed by atoms with Crippen LogP contribution in [0.1, 0.15) is 38.8 Å². The van der Waals surface area contributed by atoms with E-state index in [-0.39, 0.29) is 10.3 Å². The number of nitrogens with zero attached hydrogens (tertiary/aromatic N) is 1. The number of fused-ring (bicyclic) bond motifs is 1. The number of hydrogen-bond acceptors (Lipinski definition) is 4. The molecule has 0 aliphatic rings. The Morgan fingerprint density at radius 2 is 1.87 bits per heavy atom. The van der Waals surface area contributed by atoms with E-state index < -0.39 is 10.0 Å². The SMILES string of the molecule is CCN(c1ccc(Cl)cc1CNCC(C)(C)C)S(=O)(=O)c1ccc2occ(C)c2c1. The van der Waals surface area contributed by atoms with Gasteiger partial charge in [0.05, 0.1) is 16.8 Å². The van der Waals surface area contributed by atoms with Crippen molar-refractivity contribution in [2.24, 2.45) is 5.41 Å². The van der Waals surface area contributed by atoms with Gasteiger partial charge in [-0.15, -0.1) is 0 Å². The fourth-order valence-corrected chi connectivity index (χ4v) is 5.14. The summed E-state index contributed by atoms with van der Waals surface area (Å²) in [6.45, 7) is 11.8. The molecule has 2 aromatic carbocycles. The van der Waals surface area contributed by atoms with Crippen LogP contribution in [0.4, 0.5) is 5.69 Å². The van der Waals surface area contributed by atoms with Crippen LogP contribution in [0.2, 0.25) is 5.02 Å². The van der Waals surface area contributed by atoms with Crippen LogP contribution in [0.25, 0.3) is 11.0 Å². The number of aryl methyl sites for hydroxylation is 1. The van der Waals surface area contributed by atoms with Crippen LogP contribution in [0, 0.1) is 12.3 Å². The predicted octanol–water partition coefficient (Wildman–Crippen LogP) is 5.75. The van der Waals surface area contributed by atoms with E-state index in [9.17, 15) is 8.42 Å². The van der Waals surface area contributed by atoms with E-state index in [1.165, 1.54) is 4.31 Å². The third-order valence-electron chi connectivity index (χ3n) is 4.89. The van der Waals surface area contributed by atoms with E-state index in [2.05, 4.69) is 26.1 Å². The van der Waals surface area contributed by atoms with Crippen molar-refractivity contribution in [3.8, 4) is 0 Å². The first-order valence-corrected chi connectivity index (χ1v) is 11.8. The monoisotopic (exact) mass is 448 g/mol. The molecule has 3 aromatic rings. The average molecular weight is 449 g/mol. The highest BCUT2D eigenvalue weighted by atomic mass is 35.5. The number of benzene rings is 2. The van der Waals surface area contributed by atoms with Crippen LogP contribution in [0.3, 0.4) is 0 Å². The molecule has 7 heteroatoms. The lowest BCUT2D eigenvalue weighted by Crippen LogP contribution is -2.33. The van der Waals surface area contributed by atoms with Crippen molar-refractivity contribution in [3.63, 3.8) is 0 Å². The van der Waals surface area contributed by atoms with Gasteiger partial charge in [0, 0.05) is 30.0 Å². The highest BCUT2D eigenvalue weighted by Gasteiger charge is 2.26. The van der Waals surface area contributed by atoms with E-state index >= 15 is 0 Å². The van der Waals surface area contributed by atoms with Crippen LogP contribution < -0.4 is 9.62 Å². The van der Waals surface area contributed by atoms with Gasteiger partial charge in [-0.2, -0.15) is 0 Å². The minimum atomic E-state index is -3.76. The third-order valence-corrected chi connectivity index (χ3v) is 7.01. The molecular weight excluding hydrogens is 420 g/mol. The average Bonchev–Trinajstić information content (AvgIpc) is 3.03. The van der Waals surface area contributed by atoms with Crippen molar-refractivity contribution in [2.45, 2.75) is 46.1 Å². The molecule has 30 heavy (non-hydrogen) atoms. The zero-order chi connectivity index (χ0) is 22.1. The minimum absolute atomic E-state index is 0.118. The fraction of sp³-hybridized carbons (Fsp3) is 0.391. The molecule has 0 spiro atoms. The van der Waals surface area contributed by atoms with E-state index in [1.54, 1.807) is 36.6 Å². The van der Waals surface area contributed by atoms with Crippen molar-refractivity contribution >= 4 is 38.3 Å². The van der Waals surface area contributed by atoms with Crippen LogP contribution in [0.15, 0.2) is 52.0 Å². The van der Waals surface area contributed by atoms with Crippen molar-refractivity contribution < 1.29 is 12.8 Å². The molecule has 5 nitrogen and oxygen atoms in total. The Bertz CT molecular complexity index is 1150. The molecule has 0 fully saturated rings. The first-order valence-electron chi connectivity index (χ1n) is 10.0. The molecule has 1 N–H and O–H groups in total. The number of halogens is 1. The van der Waals surface area contributed by atoms with Crippen LogP contribution in [0.5, 0.6) is 0 Å². The topological polar surface area (TPSA) is 62.6 Å². The van der Waals surface area contributed by atoms with Gasteiger partial charge < -0.3 is 9.73 Å². The largest absolute Gasteiger partial charge is 0.464 e. The van der Waals surface area contributed by atoms with E-state index in [0.717, 1.165) is 23.1 Å². The fourth-order valence-electron chi connectivity index (χ4n) is 3.40. The molecule has 0 unspecified atom stereocenters. The van der Waals surface area contributed by atoms with Crippen LogP contribution >= 0.6 is 11.6 Å². The van der Waals surface area contributed by atoms with Crippen molar-refractivity contribution in [2.75, 3.05) is 17.4 Å². The maximum atomic E-state index is 13.6. The lowest BCUT2D eigenvalue weighted by Gasteiger charge is -2.26. The van der Waals surface area contributed by atoms with Crippen molar-refractivity contribution in [1.29, 1.82) is 0 Å². The van der Waals surface area contributed by atoms with E-state index in [1.807, 2.05) is 19.9 Å². The highest BCUT2D eigenvalue weighted by molar-refractivity contribution is 7.92. The van der Waals surface area contributed by atoms with Gasteiger partial charge in [-0.05, 0) is 66.8 Å². The Labute approximate surface area is 184 Å². The maximum absolute atomic E-state index is 13.6. The quantitative estimate of drug-likeness (QED) is 0.500. The number of sulfonamides is 1. The summed E-state index contributed by atoms with van der Waals surface area (Å²) in [6, 6.07) is 10.3. The number of rotatable bonds is 7. The number of nitrogens with one attached hydrogen (secondary N) is 1. The van der Waals surface area contributed by atoms with Gasteiger partial charge in [-0.3, -0.25) is 4.31 Å². The molecule has 0 saturated carbocycles. The Hall–Kier alpha value is -2.02. The van der Waals surface area contributed by atoms with E-state index in [4.69, 9.17) is 16.0 Å². The van der Waals surface area contributed by atoms with Crippen molar-refractivity contribution in [1.82, 2.24) is 5.32 Å². The third kappa shape index (κ3) is 4.82. The lowest BCUT2D eigenvalue weighted by molar-refractivity contribution is 0.379. The molecule has 0 radical (unpaired) electrons. The summed E-state index contributed by atoms with van der Waals surface area (Å²) in [5, 5.41) is 4.80. The molecule has 0 atom stereocenters. The van der Waals surface area contributed by atoms with Gasteiger partial charge in [-0.1, -0.05) is 32.4 Å². The molecule has 3 rings (SSSR count). The summed E-state index contributed by atoms with van der Waals surface area (Å²) in [5.74, 6) is 0. The molecule has 0 aliphatic carbocycles. The van der Waals surface area contributed by atoms with Gasteiger partial charge in [0.25, 0.3) is 10.0 Å². The summed E-state index contributed by atoms with van der Waals surface area (Å²) >= 11 is 6.23. The van der Waals surface area contributed by atoms with Gasteiger partial charge in [0.15, 0.2) is 0 Å². The van der Waals surface area contributed by atoms with Crippen molar-refractivity contribution in [3.05, 3.63) is 58.8 Å². The van der Waals surface area contributed by atoms with Crippen LogP contribution in [-0.4, -0.2) is 21.5 Å². The highest BCUT2D eigenvalue weighted by Crippen LogP contribution is 2.31. The van der Waals surface area contributed by atoms with Gasteiger partial charge in [0.1, 0.15) is 5.58 Å². The molecule has 1 heterocycles. The Morgan fingerprint density at radius 3 is 2.53 bits per heavy atom. The summed E-state index contributed by atoms with van der Waals surface area (Å²) < 4.78 is 34.0. The number of hydrogen-bond donors (Lipinski definition) is 1. The first kappa shape index (κ1) is 22.7. The summed E-state index contributed by atoms with van der Waals surface area (Å²) in [5.41, 5.74) is 3.18. The summed E-state index contributed by atoms with van der Waals surface area (Å²) in [7, 11) is -3.76. The predicted molar refractivity (Wildman–Crippen MR) is 124 cm³/mol. The molecule has 0 aliphatic heterocycles. The first-order chi connectivity index (χ1) is 14.0. The molecule has 0 bridgehead atoms. The van der Waals surface area contributed by atoms with Gasteiger partial charge in [0.2, 0.25) is 0 Å². The molecule has 162 valence electrons. The lowest BCUT2D eigenvalue weighted by atomic mass is 9.97. The Morgan fingerprint density at radius 1 is 1.13 bits per heavy atom. The number of furan rings is 1. The second-order valence-corrected chi connectivity index (χ2v) is 11.0. The van der Waals surface area contributed by atoms with Gasteiger partial charge in [-0.25, -0.2) is 8.42 Å². The Kier molecular flexibility index (Phi) is 6.51. The normalized spacial score (nSPS) is 12.5. The Balaban J connectivity index is 2.00. The van der Waals surface area contributed by atoms with E-state index in [0.29, 0.717) is 29.4 Å². The van der Waals surface area contributed by atoms with Crippen LogP contribution in [-0.2, 0) is 16.6 Å². The number of anilines is 1.